The molecule has 0 spiro atoms. The fraction of sp³-hybridized carbons (Fsp3) is 0.281. The van der Waals surface area contributed by atoms with Gasteiger partial charge < -0.3 is 23.9 Å². The Morgan fingerprint density at radius 2 is 1.87 bits per heavy atom. The quantitative estimate of drug-likeness (QED) is 0.240. The molecule has 1 fully saturated rings. The summed E-state index contributed by atoms with van der Waals surface area (Å²) in [7, 11) is 1.76. The van der Waals surface area contributed by atoms with Crippen LogP contribution in [0.25, 0.3) is 43.6 Å². The normalized spacial score (nSPS) is 25.5. The van der Waals surface area contributed by atoms with E-state index in [2.05, 4.69) is 82.3 Å². The van der Waals surface area contributed by atoms with Gasteiger partial charge in [0.2, 0.25) is 0 Å². The Morgan fingerprint density at radius 3 is 2.63 bits per heavy atom. The number of para-hydroxylation sites is 2. The van der Waals surface area contributed by atoms with Crippen LogP contribution in [0.4, 0.5) is 0 Å². The molecular weight excluding hydrogens is 474 g/mol. The Labute approximate surface area is 219 Å². The summed E-state index contributed by atoms with van der Waals surface area (Å²) in [4.78, 5) is 13.4. The number of fused-ring (bicyclic) bond motifs is 13. The monoisotopic (exact) mass is 501 g/mol. The van der Waals surface area contributed by atoms with Crippen molar-refractivity contribution in [1.29, 1.82) is 0 Å². The van der Waals surface area contributed by atoms with Gasteiger partial charge in [-0.3, -0.25) is 4.79 Å². The lowest BCUT2D eigenvalue weighted by Crippen LogP contribution is -2.53. The number of rotatable bonds is 2. The Bertz CT molecular complexity index is 1930. The molecule has 38 heavy (non-hydrogen) atoms. The van der Waals surface area contributed by atoms with Crippen molar-refractivity contribution in [2.24, 2.45) is 5.92 Å². The molecular formula is C32H27N3O3. The van der Waals surface area contributed by atoms with Crippen molar-refractivity contribution in [2.45, 2.75) is 44.4 Å². The Hall–Kier alpha value is -4.05. The van der Waals surface area contributed by atoms with Crippen LogP contribution in [0, 0.1) is 17.8 Å². The highest BCUT2D eigenvalue weighted by molar-refractivity contribution is 6.31. The standard InChI is InChI=1S/C32H27N3O3/c1-4-5-6-11-18-16-24-34-22-14-9-7-12-19(22)26-27-21(17-33-31(27)36)25-20-13-8-10-15-23(20)35(29(25)28(26)34)32(2,38-24)30(18)37-3/h4,7-10,12-15,18,24,30H,1,5,16-17H2,2-3H3,(H,33,36)/t18-,24-,30-,32+/m1/s1. The van der Waals surface area contributed by atoms with Gasteiger partial charge in [-0.25, -0.2) is 0 Å². The van der Waals surface area contributed by atoms with Crippen molar-refractivity contribution in [3.63, 3.8) is 0 Å². The van der Waals surface area contributed by atoms with Gasteiger partial charge in [-0.2, -0.15) is 0 Å². The first-order valence-electron chi connectivity index (χ1n) is 13.2. The number of methoxy groups -OCH3 is 1. The minimum absolute atomic E-state index is 0.0103. The van der Waals surface area contributed by atoms with Crippen LogP contribution in [0.3, 0.4) is 0 Å². The zero-order valence-corrected chi connectivity index (χ0v) is 21.4. The third-order valence-electron chi connectivity index (χ3n) is 8.76. The van der Waals surface area contributed by atoms with Crippen LogP contribution in [-0.4, -0.2) is 28.3 Å². The number of carbonyl (C=O) groups excluding carboxylic acids is 1. The van der Waals surface area contributed by atoms with E-state index in [1.54, 1.807) is 7.11 Å². The first-order chi connectivity index (χ1) is 18.6. The van der Waals surface area contributed by atoms with Crippen LogP contribution < -0.4 is 5.32 Å². The average molecular weight is 502 g/mol. The highest BCUT2D eigenvalue weighted by atomic mass is 16.6. The fourth-order valence-electron chi connectivity index (χ4n) is 7.46. The van der Waals surface area contributed by atoms with E-state index in [1.807, 2.05) is 12.1 Å². The van der Waals surface area contributed by atoms with Crippen molar-refractivity contribution in [2.75, 3.05) is 7.11 Å². The number of ether oxygens (including phenoxy) is 2. The highest BCUT2D eigenvalue weighted by Gasteiger charge is 2.53. The number of benzene rings is 3. The number of carbonyl (C=O) groups is 1. The third-order valence-corrected chi connectivity index (χ3v) is 8.76. The van der Waals surface area contributed by atoms with Crippen LogP contribution in [0.5, 0.6) is 0 Å². The molecule has 5 heterocycles. The molecule has 0 aliphatic carbocycles. The van der Waals surface area contributed by atoms with Gasteiger partial charge >= 0.3 is 0 Å². The van der Waals surface area contributed by atoms with Gasteiger partial charge in [0.1, 0.15) is 12.3 Å². The van der Waals surface area contributed by atoms with Crippen molar-refractivity contribution >= 4 is 49.5 Å². The molecule has 8 rings (SSSR count). The van der Waals surface area contributed by atoms with E-state index in [0.29, 0.717) is 19.4 Å². The average Bonchev–Trinajstić information content (AvgIpc) is 3.56. The predicted octanol–water partition coefficient (Wildman–Crippen LogP) is 5.96. The first-order valence-corrected chi connectivity index (χ1v) is 13.2. The molecule has 5 aromatic rings. The number of nitrogens with one attached hydrogen (secondary N) is 1. The zero-order chi connectivity index (χ0) is 25.8. The molecule has 6 heteroatoms. The van der Waals surface area contributed by atoms with Gasteiger partial charge in [0.15, 0.2) is 5.72 Å². The van der Waals surface area contributed by atoms with Gasteiger partial charge in [-0.05, 0) is 24.6 Å². The number of aromatic nitrogens is 2. The summed E-state index contributed by atoms with van der Waals surface area (Å²) < 4.78 is 18.1. The summed E-state index contributed by atoms with van der Waals surface area (Å²) in [5, 5.41) is 7.44. The van der Waals surface area contributed by atoms with E-state index in [9.17, 15) is 4.79 Å². The maximum Gasteiger partial charge on any atom is 0.252 e. The van der Waals surface area contributed by atoms with Crippen LogP contribution in [0.2, 0.25) is 0 Å². The second kappa shape index (κ2) is 7.50. The van der Waals surface area contributed by atoms with Crippen LogP contribution >= 0.6 is 0 Å². The van der Waals surface area contributed by atoms with E-state index in [0.717, 1.165) is 54.7 Å². The van der Waals surface area contributed by atoms with E-state index in [1.165, 1.54) is 0 Å². The molecule has 2 bridgehead atoms. The molecule has 1 N–H and O–H groups in total. The lowest BCUT2D eigenvalue weighted by molar-refractivity contribution is -0.259. The molecule has 6 nitrogen and oxygen atoms in total. The van der Waals surface area contributed by atoms with E-state index in [4.69, 9.17) is 9.47 Å². The fourth-order valence-corrected chi connectivity index (χ4v) is 7.46. The molecule has 188 valence electrons. The lowest BCUT2D eigenvalue weighted by Gasteiger charge is -2.47. The van der Waals surface area contributed by atoms with Crippen molar-refractivity contribution in [3.05, 3.63) is 72.3 Å². The molecule has 3 aromatic carbocycles. The number of nitrogens with zero attached hydrogens (tertiary/aromatic N) is 2. The topological polar surface area (TPSA) is 57.4 Å². The van der Waals surface area contributed by atoms with E-state index in [-0.39, 0.29) is 24.2 Å². The Balaban J connectivity index is 1.64. The maximum absolute atomic E-state index is 13.4. The van der Waals surface area contributed by atoms with Crippen molar-refractivity contribution in [3.8, 4) is 11.8 Å². The summed E-state index contributed by atoms with van der Waals surface area (Å²) in [5.74, 6) is 6.74. The third kappa shape index (κ3) is 2.49. The van der Waals surface area contributed by atoms with Gasteiger partial charge in [-0.1, -0.05) is 54.3 Å². The molecule has 1 saturated heterocycles. The van der Waals surface area contributed by atoms with Gasteiger partial charge in [0.05, 0.1) is 33.5 Å². The summed E-state index contributed by atoms with van der Waals surface area (Å²) in [5.41, 5.74) is 5.30. The number of hydrogen-bond acceptors (Lipinski definition) is 3. The van der Waals surface area contributed by atoms with Crippen LogP contribution in [-0.2, 0) is 21.7 Å². The first kappa shape index (κ1) is 22.0. The summed E-state index contributed by atoms with van der Waals surface area (Å²) in [6, 6.07) is 16.8. The number of amides is 1. The summed E-state index contributed by atoms with van der Waals surface area (Å²) in [6.07, 6.45) is 2.57. The number of hydrogen-bond donors (Lipinski definition) is 1. The van der Waals surface area contributed by atoms with Crippen molar-refractivity contribution < 1.29 is 14.3 Å². The minimum atomic E-state index is -0.829. The summed E-state index contributed by atoms with van der Waals surface area (Å²) in [6.45, 7) is 6.49. The minimum Gasteiger partial charge on any atom is -0.375 e. The second-order valence-corrected chi connectivity index (χ2v) is 10.7. The molecule has 1 amide bonds. The van der Waals surface area contributed by atoms with Crippen molar-refractivity contribution in [1.82, 2.24) is 14.5 Å². The molecule has 3 aliphatic heterocycles. The van der Waals surface area contributed by atoms with Crippen LogP contribution in [0.1, 0.15) is 41.9 Å². The molecule has 0 radical (unpaired) electrons. The molecule has 4 atom stereocenters. The molecule has 2 aromatic heterocycles. The van der Waals surface area contributed by atoms with Gasteiger partial charge in [0, 0.05) is 48.0 Å². The maximum atomic E-state index is 13.4. The SMILES string of the molecule is C=CCC#C[C@@H]1C[C@H]2O[C@@](C)([C@@H]1OC)n1c3ccccc3c3c4c(c5c6ccccc6n2c5c31)C(=O)NC4. The lowest BCUT2D eigenvalue weighted by atomic mass is 9.87. The molecule has 3 aliphatic rings. The zero-order valence-electron chi connectivity index (χ0n) is 21.4. The molecule has 0 saturated carbocycles. The predicted molar refractivity (Wildman–Crippen MR) is 149 cm³/mol. The summed E-state index contributed by atoms with van der Waals surface area (Å²) >= 11 is 0. The largest absolute Gasteiger partial charge is 0.375 e. The Morgan fingerprint density at radius 1 is 1.13 bits per heavy atom. The van der Waals surface area contributed by atoms with Gasteiger partial charge in [0.25, 0.3) is 5.91 Å². The molecule has 0 unspecified atom stereocenters. The second-order valence-electron chi connectivity index (χ2n) is 10.7. The van der Waals surface area contributed by atoms with E-state index >= 15 is 0 Å². The highest BCUT2D eigenvalue weighted by Crippen LogP contribution is 2.54. The smallest absolute Gasteiger partial charge is 0.252 e. The van der Waals surface area contributed by atoms with E-state index < -0.39 is 5.72 Å². The number of allylic oxidation sites excluding steroid dienone is 1. The Kier molecular flexibility index (Phi) is 4.34. The van der Waals surface area contributed by atoms with Gasteiger partial charge in [-0.15, -0.1) is 6.58 Å². The van der Waals surface area contributed by atoms with Crippen LogP contribution in [0.15, 0.2) is 61.2 Å².